The fourth-order valence-electron chi connectivity index (χ4n) is 3.12. The van der Waals surface area contributed by atoms with Crippen LogP contribution in [0.25, 0.3) is 0 Å². The van der Waals surface area contributed by atoms with Crippen LogP contribution in [-0.4, -0.2) is 52.9 Å². The van der Waals surface area contributed by atoms with Gasteiger partial charge < -0.3 is 20.6 Å². The molecule has 0 aromatic rings. The van der Waals surface area contributed by atoms with Crippen molar-refractivity contribution in [1.82, 2.24) is 10.2 Å². The molecule has 0 aromatic heterocycles. The van der Waals surface area contributed by atoms with E-state index in [4.69, 9.17) is 0 Å². The molecule has 0 saturated carbocycles. The Morgan fingerprint density at radius 1 is 1.27 bits per heavy atom. The minimum Gasteiger partial charge on any atom is -0.508 e. The molecule has 5 heteroatoms. The van der Waals surface area contributed by atoms with Crippen LogP contribution in [-0.2, 0) is 0 Å². The number of hydrogen-bond donors (Lipinski definition) is 4. The average molecular weight is 413 g/mol. The van der Waals surface area contributed by atoms with Crippen molar-refractivity contribution in [3.63, 3.8) is 0 Å². The molecule has 1 rings (SSSR count). The highest BCUT2D eigenvalue weighted by Crippen LogP contribution is 2.22. The largest absolute Gasteiger partial charge is 0.508 e. The summed E-state index contributed by atoms with van der Waals surface area (Å²) in [5.74, 6) is 0.953. The summed E-state index contributed by atoms with van der Waals surface area (Å²) in [5.41, 5.74) is 2.37. The van der Waals surface area contributed by atoms with Crippen LogP contribution < -0.4 is 5.32 Å². The van der Waals surface area contributed by atoms with Gasteiger partial charge in [-0.3, -0.25) is 4.90 Å². The van der Waals surface area contributed by atoms with Crippen molar-refractivity contribution in [3.05, 3.63) is 96.3 Å². The molecule has 0 fully saturated rings. The number of aliphatic hydroxyl groups is 3. The minimum atomic E-state index is 0.113. The molecule has 0 radical (unpaired) electrons. The van der Waals surface area contributed by atoms with Crippen LogP contribution in [0.1, 0.15) is 20.3 Å². The molecule has 0 spiro atoms. The molecule has 5 nitrogen and oxygen atoms in total. The van der Waals surface area contributed by atoms with Crippen molar-refractivity contribution in [2.75, 3.05) is 32.7 Å². The van der Waals surface area contributed by atoms with Crippen molar-refractivity contribution in [3.8, 4) is 0 Å². The molecule has 164 valence electrons. The summed E-state index contributed by atoms with van der Waals surface area (Å²) in [6.45, 7) is 17.8. The third-order valence-electron chi connectivity index (χ3n) is 4.94. The maximum atomic E-state index is 10.3. The van der Waals surface area contributed by atoms with E-state index in [9.17, 15) is 15.3 Å². The number of hydrogen-bond acceptors (Lipinski definition) is 5. The van der Waals surface area contributed by atoms with Crippen LogP contribution in [0.3, 0.4) is 0 Å². The Hall–Kier alpha value is -2.76. The Kier molecular flexibility index (Phi) is 11.3. The van der Waals surface area contributed by atoms with Gasteiger partial charge >= 0.3 is 0 Å². The molecular weight excluding hydrogens is 376 g/mol. The first kappa shape index (κ1) is 25.3. The maximum Gasteiger partial charge on any atom is 0.119 e. The normalized spacial score (nSPS) is 18.4. The number of nitrogens with zero attached hydrogens (tertiary/aromatic N) is 1. The van der Waals surface area contributed by atoms with Gasteiger partial charge in [0.2, 0.25) is 0 Å². The summed E-state index contributed by atoms with van der Waals surface area (Å²) >= 11 is 0. The molecular formula is C25H36N2O3. The second-order valence-corrected chi connectivity index (χ2v) is 7.30. The van der Waals surface area contributed by atoms with Gasteiger partial charge in [0.05, 0.1) is 0 Å². The molecule has 1 aliphatic carbocycles. The van der Waals surface area contributed by atoms with Gasteiger partial charge in [-0.15, -0.1) is 0 Å². The van der Waals surface area contributed by atoms with Crippen molar-refractivity contribution in [1.29, 1.82) is 0 Å². The number of aliphatic hydroxyl groups excluding tert-OH is 3. The Bertz CT molecular complexity index is 769. The quantitative estimate of drug-likeness (QED) is 0.194. The number of nitrogens with one attached hydrogen (secondary N) is 1. The van der Waals surface area contributed by atoms with Gasteiger partial charge in [-0.2, -0.15) is 0 Å². The summed E-state index contributed by atoms with van der Waals surface area (Å²) in [7, 11) is 0. The molecule has 0 heterocycles. The fraction of sp³-hybridized carbons (Fsp3) is 0.360. The van der Waals surface area contributed by atoms with E-state index >= 15 is 0 Å². The van der Waals surface area contributed by atoms with Crippen LogP contribution >= 0.6 is 0 Å². The lowest BCUT2D eigenvalue weighted by molar-refractivity contribution is 0.298. The Balaban J connectivity index is 2.86. The van der Waals surface area contributed by atoms with Gasteiger partial charge in [0.25, 0.3) is 0 Å². The SMILES string of the molecule is C=C/C=C(O)\C(=C/C)CN(CCNC/C(C=C)=C(\O)C=C)CC1=CCC(C)C=C1O. The molecule has 1 aliphatic rings. The summed E-state index contributed by atoms with van der Waals surface area (Å²) in [6.07, 6.45) is 12.9. The predicted octanol–water partition coefficient (Wildman–Crippen LogP) is 5.04. The van der Waals surface area contributed by atoms with Gasteiger partial charge in [-0.1, -0.05) is 51.0 Å². The molecule has 0 saturated heterocycles. The first-order valence-corrected chi connectivity index (χ1v) is 10.2. The van der Waals surface area contributed by atoms with Crippen LogP contribution in [0.4, 0.5) is 0 Å². The number of allylic oxidation sites excluding steroid dienone is 6. The summed E-state index contributed by atoms with van der Waals surface area (Å²) in [5, 5.41) is 33.7. The van der Waals surface area contributed by atoms with Crippen LogP contribution in [0.5, 0.6) is 0 Å². The summed E-state index contributed by atoms with van der Waals surface area (Å²) in [6, 6.07) is 0. The van der Waals surface area contributed by atoms with E-state index in [1.807, 2.05) is 19.1 Å². The summed E-state index contributed by atoms with van der Waals surface area (Å²) in [4.78, 5) is 2.16. The molecule has 1 atom stereocenters. The molecule has 0 aliphatic heterocycles. The van der Waals surface area contributed by atoms with E-state index in [1.165, 1.54) is 6.08 Å². The average Bonchev–Trinajstić information content (AvgIpc) is 2.73. The topological polar surface area (TPSA) is 76.0 Å². The highest BCUT2D eigenvalue weighted by atomic mass is 16.3. The smallest absolute Gasteiger partial charge is 0.119 e. The van der Waals surface area contributed by atoms with Gasteiger partial charge in [0, 0.05) is 49.4 Å². The van der Waals surface area contributed by atoms with Gasteiger partial charge in [0.15, 0.2) is 0 Å². The second-order valence-electron chi connectivity index (χ2n) is 7.30. The van der Waals surface area contributed by atoms with Crippen molar-refractivity contribution in [2.45, 2.75) is 20.3 Å². The third-order valence-corrected chi connectivity index (χ3v) is 4.94. The van der Waals surface area contributed by atoms with E-state index in [0.29, 0.717) is 50.0 Å². The van der Waals surface area contributed by atoms with Crippen LogP contribution in [0.15, 0.2) is 96.3 Å². The zero-order chi connectivity index (χ0) is 22.5. The first-order valence-electron chi connectivity index (χ1n) is 10.2. The number of rotatable bonds is 13. The van der Waals surface area contributed by atoms with Crippen molar-refractivity contribution >= 4 is 0 Å². The van der Waals surface area contributed by atoms with Crippen LogP contribution in [0.2, 0.25) is 0 Å². The second kappa shape index (κ2) is 13.5. The zero-order valence-electron chi connectivity index (χ0n) is 18.3. The maximum absolute atomic E-state index is 10.3. The van der Waals surface area contributed by atoms with Gasteiger partial charge in [0.1, 0.15) is 17.3 Å². The lowest BCUT2D eigenvalue weighted by Crippen LogP contribution is -2.36. The Labute approximate surface area is 181 Å². The Morgan fingerprint density at radius 2 is 2.00 bits per heavy atom. The molecule has 0 aromatic carbocycles. The third kappa shape index (κ3) is 8.31. The van der Waals surface area contributed by atoms with E-state index in [2.05, 4.69) is 43.0 Å². The van der Waals surface area contributed by atoms with E-state index < -0.39 is 0 Å². The minimum absolute atomic E-state index is 0.113. The standard InChI is InChI=1S/C25H36N2O3/c1-6-10-24(29)21(8-3)17-27(18-22-12-11-19(5)15-25(22)30)14-13-26-16-20(7-2)23(28)9-4/h6-10,12,15,19,26,28-30H,1-2,4,11,13-14,16-18H2,3,5H3/b21-8-,23-20-,24-10+. The molecule has 0 amide bonds. The molecule has 0 bridgehead atoms. The van der Waals surface area contributed by atoms with Crippen molar-refractivity contribution < 1.29 is 15.3 Å². The highest BCUT2D eigenvalue weighted by molar-refractivity contribution is 5.32. The summed E-state index contributed by atoms with van der Waals surface area (Å²) < 4.78 is 0. The van der Waals surface area contributed by atoms with E-state index in [-0.39, 0.29) is 11.5 Å². The highest BCUT2D eigenvalue weighted by Gasteiger charge is 2.17. The van der Waals surface area contributed by atoms with E-state index in [1.54, 1.807) is 18.2 Å². The van der Waals surface area contributed by atoms with Gasteiger partial charge in [-0.25, -0.2) is 0 Å². The van der Waals surface area contributed by atoms with Crippen molar-refractivity contribution in [2.24, 2.45) is 5.92 Å². The lowest BCUT2D eigenvalue weighted by atomic mass is 9.96. The molecule has 4 N–H and O–H groups in total. The molecule has 1 unspecified atom stereocenters. The lowest BCUT2D eigenvalue weighted by Gasteiger charge is -2.26. The van der Waals surface area contributed by atoms with Gasteiger partial charge in [-0.05, 0) is 37.5 Å². The monoisotopic (exact) mass is 412 g/mol. The fourth-order valence-corrected chi connectivity index (χ4v) is 3.12. The Morgan fingerprint density at radius 3 is 2.57 bits per heavy atom. The molecule has 30 heavy (non-hydrogen) atoms. The predicted molar refractivity (Wildman–Crippen MR) is 127 cm³/mol. The zero-order valence-corrected chi connectivity index (χ0v) is 18.3. The van der Waals surface area contributed by atoms with Crippen LogP contribution in [0, 0.1) is 5.92 Å². The van der Waals surface area contributed by atoms with E-state index in [0.717, 1.165) is 17.6 Å². The first-order chi connectivity index (χ1) is 14.4.